The average Bonchev–Trinajstić information content (AvgIpc) is 2.74. The van der Waals surface area contributed by atoms with E-state index in [2.05, 4.69) is 46.5 Å². The van der Waals surface area contributed by atoms with Crippen molar-refractivity contribution in [3.8, 4) is 0 Å². The highest BCUT2D eigenvalue weighted by atomic mass is 79.9. The van der Waals surface area contributed by atoms with E-state index in [1.807, 2.05) is 11.3 Å². The lowest BCUT2D eigenvalue weighted by atomic mass is 10.1. The third-order valence-corrected chi connectivity index (χ3v) is 4.79. The minimum atomic E-state index is 0.554. The zero-order chi connectivity index (χ0) is 12.5. The summed E-state index contributed by atoms with van der Waals surface area (Å²) in [5, 5.41) is 5.77. The zero-order valence-electron chi connectivity index (χ0n) is 11.0. The van der Waals surface area contributed by atoms with E-state index >= 15 is 0 Å². The fraction of sp³-hybridized carbons (Fsp3) is 0.714. The van der Waals surface area contributed by atoms with E-state index in [0.29, 0.717) is 6.04 Å². The maximum absolute atomic E-state index is 3.59. The van der Waals surface area contributed by atoms with Crippen LogP contribution in [0.15, 0.2) is 15.9 Å². The van der Waals surface area contributed by atoms with Crippen LogP contribution in [0.4, 0.5) is 0 Å². The van der Waals surface area contributed by atoms with E-state index in [4.69, 9.17) is 0 Å². The molecule has 1 atom stereocenters. The molecule has 0 bridgehead atoms. The van der Waals surface area contributed by atoms with Gasteiger partial charge in [0.25, 0.3) is 0 Å². The molecule has 3 heteroatoms. The highest BCUT2D eigenvalue weighted by molar-refractivity contribution is 9.10. The van der Waals surface area contributed by atoms with Crippen molar-refractivity contribution in [2.24, 2.45) is 0 Å². The molecular formula is C14H24BrNS. The number of halogens is 1. The van der Waals surface area contributed by atoms with E-state index in [1.165, 1.54) is 47.9 Å². The molecule has 1 nitrogen and oxygen atoms in total. The number of thiophene rings is 1. The number of hydrogen-bond acceptors (Lipinski definition) is 2. The molecule has 0 saturated carbocycles. The predicted molar refractivity (Wildman–Crippen MR) is 81.8 cm³/mol. The van der Waals surface area contributed by atoms with Gasteiger partial charge in [-0.15, -0.1) is 11.3 Å². The molecule has 17 heavy (non-hydrogen) atoms. The van der Waals surface area contributed by atoms with Crippen LogP contribution in [0.25, 0.3) is 0 Å². The Kier molecular flexibility index (Phi) is 8.15. The molecule has 0 aliphatic carbocycles. The molecular weight excluding hydrogens is 294 g/mol. The number of rotatable bonds is 9. The lowest BCUT2D eigenvalue weighted by molar-refractivity contribution is 0.484. The average molecular weight is 318 g/mol. The van der Waals surface area contributed by atoms with Crippen LogP contribution in [-0.4, -0.2) is 6.54 Å². The highest BCUT2D eigenvalue weighted by Gasteiger charge is 2.11. The van der Waals surface area contributed by atoms with Gasteiger partial charge in [0, 0.05) is 20.8 Å². The molecule has 0 spiro atoms. The number of unbranched alkanes of at least 4 members (excludes halogenated alkanes) is 4. The van der Waals surface area contributed by atoms with E-state index in [-0.39, 0.29) is 0 Å². The summed E-state index contributed by atoms with van der Waals surface area (Å²) in [6.07, 6.45) is 8.09. The maximum atomic E-state index is 3.59. The summed E-state index contributed by atoms with van der Waals surface area (Å²) in [4.78, 5) is 1.47. The van der Waals surface area contributed by atoms with Gasteiger partial charge in [0.15, 0.2) is 0 Å². The Morgan fingerprint density at radius 3 is 2.59 bits per heavy atom. The maximum Gasteiger partial charge on any atom is 0.0415 e. The highest BCUT2D eigenvalue weighted by Crippen LogP contribution is 2.28. The molecule has 1 heterocycles. The van der Waals surface area contributed by atoms with Crippen LogP contribution in [0.2, 0.25) is 0 Å². The van der Waals surface area contributed by atoms with Gasteiger partial charge in [0.05, 0.1) is 0 Å². The van der Waals surface area contributed by atoms with E-state index < -0.39 is 0 Å². The summed E-state index contributed by atoms with van der Waals surface area (Å²) in [6, 6.07) is 2.81. The van der Waals surface area contributed by atoms with Gasteiger partial charge in [0.2, 0.25) is 0 Å². The fourth-order valence-electron chi connectivity index (χ4n) is 2.05. The lowest BCUT2D eigenvalue weighted by Crippen LogP contribution is -2.19. The molecule has 0 saturated heterocycles. The van der Waals surface area contributed by atoms with Crippen LogP contribution < -0.4 is 5.32 Å². The van der Waals surface area contributed by atoms with Gasteiger partial charge in [-0.3, -0.25) is 0 Å². The Balaban J connectivity index is 2.33. The van der Waals surface area contributed by atoms with Crippen molar-refractivity contribution in [3.63, 3.8) is 0 Å². The quantitative estimate of drug-likeness (QED) is 0.591. The minimum absolute atomic E-state index is 0.554. The van der Waals surface area contributed by atoms with Gasteiger partial charge >= 0.3 is 0 Å². The van der Waals surface area contributed by atoms with Crippen LogP contribution in [0.5, 0.6) is 0 Å². The topological polar surface area (TPSA) is 12.0 Å². The molecule has 98 valence electrons. The standard InChI is InChI=1S/C14H24BrNS/c1-3-5-6-7-8-9-13(16-4-2)14-10-12(15)11-17-14/h10-11,13,16H,3-9H2,1-2H3. The summed E-state index contributed by atoms with van der Waals surface area (Å²) in [6.45, 7) is 5.51. The molecule has 0 aliphatic heterocycles. The van der Waals surface area contributed by atoms with E-state index in [0.717, 1.165) is 6.54 Å². The first-order chi connectivity index (χ1) is 8.27. The molecule has 1 unspecified atom stereocenters. The first-order valence-electron chi connectivity index (χ1n) is 6.75. The van der Waals surface area contributed by atoms with Gasteiger partial charge in [-0.25, -0.2) is 0 Å². The van der Waals surface area contributed by atoms with E-state index in [1.54, 1.807) is 0 Å². The summed E-state index contributed by atoms with van der Waals surface area (Å²) in [5.41, 5.74) is 0. The lowest BCUT2D eigenvalue weighted by Gasteiger charge is -2.16. The largest absolute Gasteiger partial charge is 0.310 e. The van der Waals surface area contributed by atoms with Crippen molar-refractivity contribution in [2.75, 3.05) is 6.54 Å². The van der Waals surface area contributed by atoms with Crippen molar-refractivity contribution in [1.82, 2.24) is 5.32 Å². The molecule has 1 rings (SSSR count). The monoisotopic (exact) mass is 317 g/mol. The molecule has 0 aromatic carbocycles. The predicted octanol–water partition coefficient (Wildman–Crippen LogP) is 5.52. The Hall–Kier alpha value is 0.140. The van der Waals surface area contributed by atoms with Crippen molar-refractivity contribution in [3.05, 3.63) is 20.8 Å². The molecule has 0 fully saturated rings. The fourth-order valence-corrected chi connectivity index (χ4v) is 3.61. The number of nitrogens with one attached hydrogen (secondary N) is 1. The second-order valence-corrected chi connectivity index (χ2v) is 6.34. The third kappa shape index (κ3) is 6.03. The summed E-state index contributed by atoms with van der Waals surface area (Å²) >= 11 is 5.39. The van der Waals surface area contributed by atoms with Crippen LogP contribution >= 0.6 is 27.3 Å². The summed E-state index contributed by atoms with van der Waals surface area (Å²) in [5.74, 6) is 0. The summed E-state index contributed by atoms with van der Waals surface area (Å²) in [7, 11) is 0. The van der Waals surface area contributed by atoms with Crippen molar-refractivity contribution >= 4 is 27.3 Å². The van der Waals surface area contributed by atoms with Crippen molar-refractivity contribution in [1.29, 1.82) is 0 Å². The Bertz CT molecular complexity index is 298. The molecule has 1 aromatic heterocycles. The zero-order valence-corrected chi connectivity index (χ0v) is 13.4. The van der Waals surface area contributed by atoms with Crippen LogP contribution in [-0.2, 0) is 0 Å². The van der Waals surface area contributed by atoms with Gasteiger partial charge < -0.3 is 5.32 Å². The van der Waals surface area contributed by atoms with Gasteiger partial charge in [-0.05, 0) is 35.0 Å². The van der Waals surface area contributed by atoms with Crippen LogP contribution in [0, 0.1) is 0 Å². The SMILES string of the molecule is CCCCCCCC(NCC)c1cc(Br)cs1. The smallest absolute Gasteiger partial charge is 0.0415 e. The van der Waals surface area contributed by atoms with Crippen LogP contribution in [0.1, 0.15) is 63.3 Å². The Labute approximate surface area is 118 Å². The second kappa shape index (κ2) is 9.12. The molecule has 1 N–H and O–H groups in total. The first-order valence-corrected chi connectivity index (χ1v) is 8.42. The Morgan fingerprint density at radius 1 is 1.24 bits per heavy atom. The molecule has 0 amide bonds. The summed E-state index contributed by atoms with van der Waals surface area (Å²) < 4.78 is 1.21. The molecule has 0 radical (unpaired) electrons. The normalized spacial score (nSPS) is 12.9. The molecule has 0 aliphatic rings. The van der Waals surface area contributed by atoms with E-state index in [9.17, 15) is 0 Å². The second-order valence-electron chi connectivity index (χ2n) is 4.48. The molecule has 1 aromatic rings. The van der Waals surface area contributed by atoms with Crippen LogP contribution in [0.3, 0.4) is 0 Å². The third-order valence-electron chi connectivity index (χ3n) is 2.98. The van der Waals surface area contributed by atoms with Crippen molar-refractivity contribution < 1.29 is 0 Å². The van der Waals surface area contributed by atoms with Gasteiger partial charge in [-0.1, -0.05) is 46.0 Å². The minimum Gasteiger partial charge on any atom is -0.310 e. The van der Waals surface area contributed by atoms with Gasteiger partial charge in [0.1, 0.15) is 0 Å². The first kappa shape index (κ1) is 15.2. The van der Waals surface area contributed by atoms with Crippen molar-refractivity contribution in [2.45, 2.75) is 58.4 Å². The van der Waals surface area contributed by atoms with Gasteiger partial charge in [-0.2, -0.15) is 0 Å². The Morgan fingerprint density at radius 2 is 2.00 bits per heavy atom. The number of hydrogen-bond donors (Lipinski definition) is 1.